The molecular weight excluding hydrogens is 328 g/mol. The topological polar surface area (TPSA) is 73.6 Å². The number of amides is 1. The van der Waals surface area contributed by atoms with Crippen LogP contribution in [-0.2, 0) is 0 Å². The third-order valence-corrected chi connectivity index (χ3v) is 4.57. The summed E-state index contributed by atoms with van der Waals surface area (Å²) in [5.74, 6) is 1.85. The molecule has 0 saturated carbocycles. The van der Waals surface area contributed by atoms with Gasteiger partial charge in [-0.05, 0) is 36.8 Å². The Kier molecular flexibility index (Phi) is 3.70. The highest BCUT2D eigenvalue weighted by Crippen LogP contribution is 2.34. The molecule has 24 heavy (non-hydrogen) atoms. The largest absolute Gasteiger partial charge is 0.462 e. The molecule has 0 spiro atoms. The zero-order valence-electron chi connectivity index (χ0n) is 12.8. The predicted molar refractivity (Wildman–Crippen MR) is 88.3 cm³/mol. The molecule has 1 aliphatic heterocycles. The summed E-state index contributed by atoms with van der Waals surface area (Å²) in [5.41, 5.74) is 1.31. The summed E-state index contributed by atoms with van der Waals surface area (Å²) in [4.78, 5) is 16.7. The molecule has 1 N–H and O–H groups in total. The fourth-order valence-electron chi connectivity index (χ4n) is 2.43. The molecule has 2 aromatic heterocycles. The van der Waals surface area contributed by atoms with Crippen molar-refractivity contribution in [1.82, 2.24) is 10.3 Å². The van der Waals surface area contributed by atoms with Crippen molar-refractivity contribution in [3.05, 3.63) is 53.2 Å². The maximum atomic E-state index is 12.4. The Hall–Kier alpha value is -2.80. The monoisotopic (exact) mass is 342 g/mol. The van der Waals surface area contributed by atoms with E-state index in [1.807, 2.05) is 31.2 Å². The minimum absolute atomic E-state index is 0.180. The van der Waals surface area contributed by atoms with Gasteiger partial charge in [-0.3, -0.25) is 4.79 Å². The van der Waals surface area contributed by atoms with E-state index in [4.69, 9.17) is 13.9 Å². The van der Waals surface area contributed by atoms with Crippen molar-refractivity contribution >= 4 is 17.2 Å². The molecule has 1 amide bonds. The number of rotatable bonds is 4. The Morgan fingerprint density at radius 3 is 3.00 bits per heavy atom. The number of nitrogens with zero attached hydrogens (tertiary/aromatic N) is 1. The summed E-state index contributed by atoms with van der Waals surface area (Å²) < 4.78 is 16.0. The first-order valence-electron chi connectivity index (χ1n) is 7.40. The van der Waals surface area contributed by atoms with Crippen molar-refractivity contribution in [1.29, 1.82) is 0 Å². The number of aromatic nitrogens is 1. The Balaban J connectivity index is 1.47. The van der Waals surface area contributed by atoms with Gasteiger partial charge in [-0.25, -0.2) is 4.98 Å². The minimum atomic E-state index is -0.228. The number of nitrogens with one attached hydrogen (secondary N) is 1. The predicted octanol–water partition coefficient (Wildman–Crippen LogP) is 3.62. The number of furan rings is 1. The van der Waals surface area contributed by atoms with Crippen molar-refractivity contribution in [2.75, 3.05) is 6.79 Å². The summed E-state index contributed by atoms with van der Waals surface area (Å²) in [6, 6.07) is 9.06. The highest BCUT2D eigenvalue weighted by Gasteiger charge is 2.19. The molecule has 7 heteroatoms. The Morgan fingerprint density at radius 2 is 2.17 bits per heavy atom. The SMILES string of the molecule is C[C@@H](NC(=O)c1csc(-c2ccco2)n1)c1ccc2c(c1)OCO2. The van der Waals surface area contributed by atoms with Crippen LogP contribution in [-0.4, -0.2) is 17.7 Å². The number of carbonyl (C=O) groups excluding carboxylic acids is 1. The smallest absolute Gasteiger partial charge is 0.271 e. The lowest BCUT2D eigenvalue weighted by Gasteiger charge is -2.14. The lowest BCUT2D eigenvalue weighted by molar-refractivity contribution is 0.0935. The first kappa shape index (κ1) is 14.8. The molecule has 0 unspecified atom stereocenters. The average Bonchev–Trinajstić information content (AvgIpc) is 3.32. The molecular formula is C17H14N2O4S. The third kappa shape index (κ3) is 2.74. The molecule has 0 saturated heterocycles. The zero-order chi connectivity index (χ0) is 16.5. The summed E-state index contributed by atoms with van der Waals surface area (Å²) in [6.07, 6.45) is 1.58. The van der Waals surface area contributed by atoms with E-state index in [2.05, 4.69) is 10.3 Å². The maximum Gasteiger partial charge on any atom is 0.271 e. The normalized spacial score (nSPS) is 13.7. The van der Waals surface area contributed by atoms with E-state index in [1.165, 1.54) is 11.3 Å². The van der Waals surface area contributed by atoms with Gasteiger partial charge in [0.25, 0.3) is 5.91 Å². The van der Waals surface area contributed by atoms with Gasteiger partial charge < -0.3 is 19.2 Å². The Morgan fingerprint density at radius 1 is 1.29 bits per heavy atom. The molecule has 6 nitrogen and oxygen atoms in total. The quantitative estimate of drug-likeness (QED) is 0.784. The van der Waals surface area contributed by atoms with E-state index < -0.39 is 0 Å². The average molecular weight is 342 g/mol. The van der Waals surface area contributed by atoms with Gasteiger partial charge in [-0.1, -0.05) is 6.07 Å². The molecule has 0 fully saturated rings. The number of carbonyl (C=O) groups is 1. The van der Waals surface area contributed by atoms with Gasteiger partial charge in [0.1, 0.15) is 5.69 Å². The number of fused-ring (bicyclic) bond motifs is 1. The Labute approximate surface area is 142 Å². The number of hydrogen-bond donors (Lipinski definition) is 1. The second kappa shape index (κ2) is 6.01. The van der Waals surface area contributed by atoms with Gasteiger partial charge in [-0.15, -0.1) is 11.3 Å². The molecule has 3 heterocycles. The van der Waals surface area contributed by atoms with Crippen LogP contribution in [0, 0.1) is 0 Å². The lowest BCUT2D eigenvalue weighted by Crippen LogP contribution is -2.26. The standard InChI is InChI=1S/C17H14N2O4S/c1-10(11-4-5-13-15(7-11)23-9-22-13)18-16(20)12-8-24-17(19-12)14-3-2-6-21-14/h2-8,10H,9H2,1H3,(H,18,20)/t10-/m1/s1. The van der Waals surface area contributed by atoms with Crippen LogP contribution >= 0.6 is 11.3 Å². The zero-order valence-corrected chi connectivity index (χ0v) is 13.6. The molecule has 4 rings (SSSR count). The van der Waals surface area contributed by atoms with Gasteiger partial charge in [0.05, 0.1) is 12.3 Å². The van der Waals surface area contributed by atoms with E-state index >= 15 is 0 Å². The molecule has 0 aliphatic carbocycles. The van der Waals surface area contributed by atoms with Crippen LogP contribution in [0.25, 0.3) is 10.8 Å². The molecule has 1 atom stereocenters. The van der Waals surface area contributed by atoms with Gasteiger partial charge in [0.2, 0.25) is 6.79 Å². The highest BCUT2D eigenvalue weighted by atomic mass is 32.1. The summed E-state index contributed by atoms with van der Waals surface area (Å²) in [6.45, 7) is 2.14. The second-order valence-electron chi connectivity index (χ2n) is 5.32. The number of hydrogen-bond acceptors (Lipinski definition) is 6. The van der Waals surface area contributed by atoms with Crippen molar-refractivity contribution in [2.24, 2.45) is 0 Å². The second-order valence-corrected chi connectivity index (χ2v) is 6.18. The molecule has 1 aromatic carbocycles. The van der Waals surface area contributed by atoms with Gasteiger partial charge in [0.15, 0.2) is 22.3 Å². The first-order valence-corrected chi connectivity index (χ1v) is 8.28. The van der Waals surface area contributed by atoms with Gasteiger partial charge in [-0.2, -0.15) is 0 Å². The van der Waals surface area contributed by atoms with Crippen molar-refractivity contribution in [3.8, 4) is 22.3 Å². The van der Waals surface area contributed by atoms with Crippen LogP contribution in [0.15, 0.2) is 46.4 Å². The van der Waals surface area contributed by atoms with Crippen LogP contribution in [0.2, 0.25) is 0 Å². The van der Waals surface area contributed by atoms with Gasteiger partial charge >= 0.3 is 0 Å². The third-order valence-electron chi connectivity index (χ3n) is 3.71. The number of thiazole rings is 1. The van der Waals surface area contributed by atoms with E-state index in [0.29, 0.717) is 22.2 Å². The highest BCUT2D eigenvalue weighted by molar-refractivity contribution is 7.13. The van der Waals surface area contributed by atoms with Crippen LogP contribution in [0.1, 0.15) is 29.0 Å². The molecule has 3 aromatic rings. The van der Waals surface area contributed by atoms with E-state index in [0.717, 1.165) is 11.3 Å². The minimum Gasteiger partial charge on any atom is -0.462 e. The molecule has 0 bridgehead atoms. The van der Waals surface area contributed by atoms with Crippen molar-refractivity contribution in [2.45, 2.75) is 13.0 Å². The maximum absolute atomic E-state index is 12.4. The van der Waals surface area contributed by atoms with Gasteiger partial charge in [0, 0.05) is 5.38 Å². The number of ether oxygens (including phenoxy) is 2. The summed E-state index contributed by atoms with van der Waals surface area (Å²) >= 11 is 1.37. The van der Waals surface area contributed by atoms with E-state index in [1.54, 1.807) is 17.7 Å². The molecule has 1 aliphatic rings. The lowest BCUT2D eigenvalue weighted by atomic mass is 10.1. The number of benzene rings is 1. The first-order chi connectivity index (χ1) is 11.7. The molecule has 122 valence electrons. The van der Waals surface area contributed by atoms with Crippen molar-refractivity contribution < 1.29 is 18.7 Å². The van der Waals surface area contributed by atoms with Crippen LogP contribution in [0.5, 0.6) is 11.5 Å². The fourth-order valence-corrected chi connectivity index (χ4v) is 3.19. The van der Waals surface area contributed by atoms with Crippen LogP contribution in [0.4, 0.5) is 0 Å². The van der Waals surface area contributed by atoms with Crippen LogP contribution < -0.4 is 14.8 Å². The fraction of sp³-hybridized carbons (Fsp3) is 0.176. The summed E-state index contributed by atoms with van der Waals surface area (Å²) in [5, 5.41) is 5.34. The van der Waals surface area contributed by atoms with E-state index in [-0.39, 0.29) is 18.7 Å². The van der Waals surface area contributed by atoms with Crippen molar-refractivity contribution in [3.63, 3.8) is 0 Å². The Bertz CT molecular complexity index is 873. The molecule has 0 radical (unpaired) electrons. The summed E-state index contributed by atoms with van der Waals surface area (Å²) in [7, 11) is 0. The van der Waals surface area contributed by atoms with E-state index in [9.17, 15) is 4.79 Å². The van der Waals surface area contributed by atoms with Crippen LogP contribution in [0.3, 0.4) is 0 Å².